The first kappa shape index (κ1) is 13.3. The minimum atomic E-state index is -0.0204. The summed E-state index contributed by atoms with van der Waals surface area (Å²) in [5.74, 6) is 0.664. The molecule has 0 aliphatic heterocycles. The molecular weight excluding hydrogens is 240 g/mol. The number of aryl methyl sites for hydroxylation is 2. The maximum atomic E-state index is 12.5. The Hall–Kier alpha value is -2.10. The molecule has 0 aliphatic carbocycles. The Balaban J connectivity index is 2.40. The minimum Gasteiger partial charge on any atom is -0.497 e. The lowest BCUT2D eigenvalue weighted by Crippen LogP contribution is -2.10. The Morgan fingerprint density at radius 3 is 2.74 bits per heavy atom. The van der Waals surface area contributed by atoms with Crippen molar-refractivity contribution in [1.82, 2.24) is 9.78 Å². The fraction of sp³-hybridized carbons (Fsp3) is 0.333. The van der Waals surface area contributed by atoms with E-state index in [0.717, 1.165) is 12.1 Å². The zero-order valence-corrected chi connectivity index (χ0v) is 11.5. The molecule has 4 heteroatoms. The lowest BCUT2D eigenvalue weighted by molar-refractivity contribution is 0.102. The van der Waals surface area contributed by atoms with Crippen LogP contribution in [0, 0.1) is 0 Å². The largest absolute Gasteiger partial charge is 0.497 e. The second-order valence-corrected chi connectivity index (χ2v) is 4.25. The van der Waals surface area contributed by atoms with Crippen molar-refractivity contribution in [2.45, 2.75) is 26.8 Å². The minimum absolute atomic E-state index is 0.0204. The van der Waals surface area contributed by atoms with E-state index in [1.165, 1.54) is 0 Å². The van der Waals surface area contributed by atoms with Gasteiger partial charge in [-0.2, -0.15) is 5.10 Å². The van der Waals surface area contributed by atoms with Gasteiger partial charge in [0.1, 0.15) is 11.4 Å². The van der Waals surface area contributed by atoms with Crippen LogP contribution < -0.4 is 4.74 Å². The van der Waals surface area contributed by atoms with Gasteiger partial charge in [-0.1, -0.05) is 19.1 Å². The SMILES string of the molecule is CCc1cc(C(=O)c2cccc(OC)c2)n(CC)n1. The highest BCUT2D eigenvalue weighted by molar-refractivity contribution is 6.08. The molecule has 0 aliphatic rings. The number of rotatable bonds is 5. The summed E-state index contributed by atoms with van der Waals surface area (Å²) in [6, 6.07) is 9.06. The van der Waals surface area contributed by atoms with E-state index in [4.69, 9.17) is 4.74 Å². The van der Waals surface area contributed by atoms with Crippen LogP contribution in [0.3, 0.4) is 0 Å². The molecular formula is C15H18N2O2. The number of carbonyl (C=O) groups is 1. The highest BCUT2D eigenvalue weighted by Crippen LogP contribution is 2.17. The zero-order valence-electron chi connectivity index (χ0n) is 11.5. The summed E-state index contributed by atoms with van der Waals surface area (Å²) < 4.78 is 6.90. The van der Waals surface area contributed by atoms with Gasteiger partial charge in [-0.05, 0) is 31.5 Å². The van der Waals surface area contributed by atoms with E-state index in [1.54, 1.807) is 23.9 Å². The maximum Gasteiger partial charge on any atom is 0.211 e. The van der Waals surface area contributed by atoms with E-state index in [9.17, 15) is 4.79 Å². The Labute approximate surface area is 113 Å². The molecule has 1 heterocycles. The van der Waals surface area contributed by atoms with Gasteiger partial charge in [0.15, 0.2) is 0 Å². The van der Waals surface area contributed by atoms with Gasteiger partial charge in [-0.15, -0.1) is 0 Å². The second kappa shape index (κ2) is 5.69. The monoisotopic (exact) mass is 258 g/mol. The van der Waals surface area contributed by atoms with Crippen molar-refractivity contribution < 1.29 is 9.53 Å². The molecule has 1 aromatic heterocycles. The normalized spacial score (nSPS) is 10.5. The van der Waals surface area contributed by atoms with E-state index in [0.29, 0.717) is 23.6 Å². The van der Waals surface area contributed by atoms with Crippen LogP contribution in [0.4, 0.5) is 0 Å². The summed E-state index contributed by atoms with van der Waals surface area (Å²) in [7, 11) is 1.59. The number of hydrogen-bond acceptors (Lipinski definition) is 3. The molecule has 2 rings (SSSR count). The third-order valence-corrected chi connectivity index (χ3v) is 3.06. The Kier molecular flexibility index (Phi) is 4.00. The van der Waals surface area contributed by atoms with Gasteiger partial charge in [0.2, 0.25) is 5.78 Å². The summed E-state index contributed by atoms with van der Waals surface area (Å²) in [5.41, 5.74) is 2.19. The maximum absolute atomic E-state index is 12.5. The second-order valence-electron chi connectivity index (χ2n) is 4.25. The van der Waals surface area contributed by atoms with E-state index in [1.807, 2.05) is 32.0 Å². The molecule has 0 N–H and O–H groups in total. The summed E-state index contributed by atoms with van der Waals surface area (Å²) in [6.07, 6.45) is 0.825. The van der Waals surface area contributed by atoms with Gasteiger partial charge in [-0.3, -0.25) is 9.48 Å². The molecule has 1 aromatic carbocycles. The molecule has 0 atom stereocenters. The first-order valence-electron chi connectivity index (χ1n) is 6.45. The summed E-state index contributed by atoms with van der Waals surface area (Å²) >= 11 is 0. The molecule has 100 valence electrons. The number of benzene rings is 1. The van der Waals surface area contributed by atoms with E-state index >= 15 is 0 Å². The van der Waals surface area contributed by atoms with Crippen LogP contribution in [-0.2, 0) is 13.0 Å². The van der Waals surface area contributed by atoms with Crippen molar-refractivity contribution in [2.75, 3.05) is 7.11 Å². The third-order valence-electron chi connectivity index (χ3n) is 3.06. The number of ether oxygens (including phenoxy) is 1. The van der Waals surface area contributed by atoms with Crippen molar-refractivity contribution in [2.24, 2.45) is 0 Å². The van der Waals surface area contributed by atoms with Crippen LogP contribution in [0.25, 0.3) is 0 Å². The summed E-state index contributed by atoms with van der Waals surface area (Å²) in [5, 5.41) is 4.40. The topological polar surface area (TPSA) is 44.1 Å². The Morgan fingerprint density at radius 2 is 2.11 bits per heavy atom. The highest BCUT2D eigenvalue weighted by Gasteiger charge is 2.16. The molecule has 0 fully saturated rings. The average molecular weight is 258 g/mol. The van der Waals surface area contributed by atoms with Gasteiger partial charge in [-0.25, -0.2) is 0 Å². The molecule has 0 spiro atoms. The van der Waals surface area contributed by atoms with Gasteiger partial charge >= 0.3 is 0 Å². The molecule has 0 amide bonds. The van der Waals surface area contributed by atoms with Gasteiger partial charge in [0.25, 0.3) is 0 Å². The molecule has 2 aromatic rings. The van der Waals surface area contributed by atoms with Crippen LogP contribution in [0.1, 0.15) is 35.6 Å². The average Bonchev–Trinajstić information content (AvgIpc) is 2.89. The van der Waals surface area contributed by atoms with Crippen molar-refractivity contribution >= 4 is 5.78 Å². The van der Waals surface area contributed by atoms with Crippen LogP contribution in [0.2, 0.25) is 0 Å². The summed E-state index contributed by atoms with van der Waals surface area (Å²) in [6.45, 7) is 4.70. The number of aromatic nitrogens is 2. The lowest BCUT2D eigenvalue weighted by Gasteiger charge is -2.05. The summed E-state index contributed by atoms with van der Waals surface area (Å²) in [4.78, 5) is 12.5. The van der Waals surface area contributed by atoms with Crippen molar-refractivity contribution in [3.8, 4) is 5.75 Å². The zero-order chi connectivity index (χ0) is 13.8. The molecule has 0 saturated heterocycles. The first-order chi connectivity index (χ1) is 9.19. The van der Waals surface area contributed by atoms with Crippen LogP contribution in [0.5, 0.6) is 5.75 Å². The molecule has 19 heavy (non-hydrogen) atoms. The number of carbonyl (C=O) groups excluding carboxylic acids is 1. The van der Waals surface area contributed by atoms with Crippen LogP contribution in [0.15, 0.2) is 30.3 Å². The van der Waals surface area contributed by atoms with E-state index < -0.39 is 0 Å². The third kappa shape index (κ3) is 2.67. The smallest absolute Gasteiger partial charge is 0.211 e. The number of methoxy groups -OCH3 is 1. The van der Waals surface area contributed by atoms with Crippen molar-refractivity contribution in [3.05, 3.63) is 47.3 Å². The standard InChI is InChI=1S/C15H18N2O2/c1-4-12-10-14(17(5-2)16-12)15(18)11-7-6-8-13(9-11)19-3/h6-10H,4-5H2,1-3H3. The van der Waals surface area contributed by atoms with Crippen LogP contribution >= 0.6 is 0 Å². The quantitative estimate of drug-likeness (QED) is 0.774. The van der Waals surface area contributed by atoms with Gasteiger partial charge in [0, 0.05) is 12.1 Å². The number of nitrogens with zero attached hydrogens (tertiary/aromatic N) is 2. The lowest BCUT2D eigenvalue weighted by atomic mass is 10.1. The predicted molar refractivity (Wildman–Crippen MR) is 73.7 cm³/mol. The highest BCUT2D eigenvalue weighted by atomic mass is 16.5. The van der Waals surface area contributed by atoms with Gasteiger partial charge in [0.05, 0.1) is 12.8 Å². The molecule has 0 unspecified atom stereocenters. The molecule has 0 saturated carbocycles. The number of ketones is 1. The first-order valence-corrected chi connectivity index (χ1v) is 6.45. The Bertz CT molecular complexity index is 588. The fourth-order valence-electron chi connectivity index (χ4n) is 1.98. The fourth-order valence-corrected chi connectivity index (χ4v) is 1.98. The van der Waals surface area contributed by atoms with Crippen molar-refractivity contribution in [3.63, 3.8) is 0 Å². The van der Waals surface area contributed by atoms with Crippen molar-refractivity contribution in [1.29, 1.82) is 0 Å². The van der Waals surface area contributed by atoms with Gasteiger partial charge < -0.3 is 4.74 Å². The van der Waals surface area contributed by atoms with E-state index in [-0.39, 0.29) is 5.78 Å². The van der Waals surface area contributed by atoms with Crippen LogP contribution in [-0.4, -0.2) is 22.7 Å². The molecule has 4 nitrogen and oxygen atoms in total. The molecule has 0 bridgehead atoms. The number of hydrogen-bond donors (Lipinski definition) is 0. The molecule has 0 radical (unpaired) electrons. The van der Waals surface area contributed by atoms with E-state index in [2.05, 4.69) is 5.10 Å². The Morgan fingerprint density at radius 1 is 1.32 bits per heavy atom. The predicted octanol–water partition coefficient (Wildman–Crippen LogP) is 2.71.